The molecule has 0 radical (unpaired) electrons. The monoisotopic (exact) mass is 622 g/mol. The van der Waals surface area contributed by atoms with Gasteiger partial charge in [-0.05, 0) is 128 Å². The van der Waals surface area contributed by atoms with Crippen molar-refractivity contribution in [2.45, 2.75) is 13.0 Å². The van der Waals surface area contributed by atoms with Crippen LogP contribution in [-0.4, -0.2) is 26.9 Å². The fraction of sp³-hybridized carbons (Fsp3) is 0.122. The minimum absolute atomic E-state index is 0.160. The summed E-state index contributed by atoms with van der Waals surface area (Å²) in [5.41, 5.74) is 6.25. The molecule has 0 saturated carbocycles. The van der Waals surface area contributed by atoms with Crippen LogP contribution in [0.5, 0.6) is 23.0 Å². The highest BCUT2D eigenvalue weighted by atomic mass is 16.5. The lowest BCUT2D eigenvalue weighted by atomic mass is 10.2. The molecule has 236 valence electrons. The molecule has 6 aromatic carbocycles. The number of hydrogen-bond acceptors (Lipinski definition) is 6. The van der Waals surface area contributed by atoms with Gasteiger partial charge in [0.25, 0.3) is 0 Å². The maximum atomic E-state index is 6.23. The van der Waals surface area contributed by atoms with Crippen molar-refractivity contribution < 1.29 is 18.9 Å². The highest BCUT2D eigenvalue weighted by Crippen LogP contribution is 2.37. The smallest absolute Gasteiger partial charge is 0.130 e. The van der Waals surface area contributed by atoms with E-state index >= 15 is 0 Å². The maximum Gasteiger partial charge on any atom is 0.130 e. The summed E-state index contributed by atoms with van der Waals surface area (Å²) in [6.07, 6.45) is -0.160. The van der Waals surface area contributed by atoms with Crippen LogP contribution in [0.15, 0.2) is 158 Å². The zero-order valence-corrected chi connectivity index (χ0v) is 26.8. The van der Waals surface area contributed by atoms with Gasteiger partial charge in [0.2, 0.25) is 0 Å². The lowest BCUT2D eigenvalue weighted by Gasteiger charge is -2.26. The first-order valence-electron chi connectivity index (χ1n) is 15.6. The van der Waals surface area contributed by atoms with E-state index in [0.717, 1.165) is 57.1 Å². The van der Waals surface area contributed by atoms with Gasteiger partial charge in [0.05, 0.1) is 14.2 Å². The molecule has 6 nitrogen and oxygen atoms in total. The summed E-state index contributed by atoms with van der Waals surface area (Å²) in [5, 5.41) is 0. The molecule has 0 saturated heterocycles. The average Bonchev–Trinajstić information content (AvgIpc) is 3.14. The van der Waals surface area contributed by atoms with Crippen LogP contribution in [0.1, 0.15) is 6.92 Å². The van der Waals surface area contributed by atoms with Gasteiger partial charge in [0, 0.05) is 34.1 Å². The molecule has 6 rings (SSSR count). The molecule has 0 bridgehead atoms. The molecule has 0 aliphatic rings. The third kappa shape index (κ3) is 7.68. The second-order valence-corrected chi connectivity index (χ2v) is 11.0. The molecule has 0 amide bonds. The molecule has 0 N–H and O–H groups in total. The van der Waals surface area contributed by atoms with Crippen LogP contribution in [0, 0.1) is 0 Å². The Bertz CT molecular complexity index is 1810. The Hall–Kier alpha value is -5.88. The molecule has 6 aromatic rings. The van der Waals surface area contributed by atoms with Gasteiger partial charge >= 0.3 is 0 Å². The van der Waals surface area contributed by atoms with E-state index in [-0.39, 0.29) is 6.10 Å². The largest absolute Gasteiger partial charge is 0.497 e. The molecule has 0 fully saturated rings. The Morgan fingerprint density at radius 1 is 0.404 bits per heavy atom. The van der Waals surface area contributed by atoms with Gasteiger partial charge in [-0.15, -0.1) is 0 Å². The Balaban J connectivity index is 1.10. The predicted octanol–water partition coefficient (Wildman–Crippen LogP) is 10.5. The van der Waals surface area contributed by atoms with E-state index in [9.17, 15) is 0 Å². The highest BCUT2D eigenvalue weighted by molar-refractivity contribution is 5.78. The molecule has 0 aliphatic heterocycles. The zero-order chi connectivity index (χ0) is 32.4. The summed E-state index contributed by atoms with van der Waals surface area (Å²) >= 11 is 0. The average molecular weight is 623 g/mol. The van der Waals surface area contributed by atoms with Crippen LogP contribution in [0.2, 0.25) is 0 Å². The van der Waals surface area contributed by atoms with Gasteiger partial charge in [-0.3, -0.25) is 0 Å². The van der Waals surface area contributed by atoms with Crippen molar-refractivity contribution in [3.8, 4) is 23.0 Å². The van der Waals surface area contributed by atoms with Crippen molar-refractivity contribution in [1.29, 1.82) is 0 Å². The van der Waals surface area contributed by atoms with E-state index in [4.69, 9.17) is 18.9 Å². The summed E-state index contributed by atoms with van der Waals surface area (Å²) in [7, 11) is 3.35. The second kappa shape index (κ2) is 14.9. The number of nitrogens with zero attached hydrogens (tertiary/aromatic N) is 2. The molecule has 0 aliphatic carbocycles. The number of ether oxygens (including phenoxy) is 4. The highest BCUT2D eigenvalue weighted by Gasteiger charge is 2.15. The first-order valence-corrected chi connectivity index (χ1v) is 15.6. The summed E-state index contributed by atoms with van der Waals surface area (Å²) < 4.78 is 23.1. The lowest BCUT2D eigenvalue weighted by molar-refractivity contribution is 0.143. The first kappa shape index (κ1) is 31.1. The molecule has 6 heteroatoms. The van der Waals surface area contributed by atoms with Crippen LogP contribution < -0.4 is 28.7 Å². The Morgan fingerprint density at radius 2 is 0.723 bits per heavy atom. The van der Waals surface area contributed by atoms with E-state index in [1.54, 1.807) is 14.2 Å². The number of anilines is 6. The van der Waals surface area contributed by atoms with E-state index in [0.29, 0.717) is 6.61 Å². The van der Waals surface area contributed by atoms with E-state index < -0.39 is 0 Å². The number of rotatable bonds is 13. The molecule has 1 unspecified atom stereocenters. The Morgan fingerprint density at radius 3 is 1.09 bits per heavy atom. The van der Waals surface area contributed by atoms with Crippen LogP contribution >= 0.6 is 0 Å². The lowest BCUT2D eigenvalue weighted by Crippen LogP contribution is -2.21. The standard InChI is InChI=1S/C41H38N2O4/c1-31(47-41-28-20-37(21-29-41)43(33-12-8-5-9-13-33)35-16-24-39(45-3)25-17-35)30-46-40-26-18-36(19-27-40)42(32-10-6-4-7-11-32)34-14-22-38(44-2)23-15-34/h4-29,31H,30H2,1-3H3. The Labute approximate surface area is 277 Å². The third-order valence-corrected chi connectivity index (χ3v) is 7.70. The molecule has 1 atom stereocenters. The number of hydrogen-bond donors (Lipinski definition) is 0. The summed E-state index contributed by atoms with van der Waals surface area (Å²) in [4.78, 5) is 4.40. The second-order valence-electron chi connectivity index (χ2n) is 11.0. The van der Waals surface area contributed by atoms with E-state index in [2.05, 4.69) is 82.6 Å². The molecule has 0 spiro atoms. The normalized spacial score (nSPS) is 11.3. The number of benzene rings is 6. The molecular weight excluding hydrogens is 584 g/mol. The van der Waals surface area contributed by atoms with Gasteiger partial charge < -0.3 is 28.7 Å². The van der Waals surface area contributed by atoms with Gasteiger partial charge in [0.15, 0.2) is 0 Å². The minimum atomic E-state index is -0.160. The molecule has 0 aromatic heterocycles. The maximum absolute atomic E-state index is 6.23. The molecule has 47 heavy (non-hydrogen) atoms. The summed E-state index contributed by atoms with van der Waals surface area (Å²) in [6.45, 7) is 2.42. The van der Waals surface area contributed by atoms with Gasteiger partial charge in [-0.1, -0.05) is 36.4 Å². The number of methoxy groups -OCH3 is 2. The fourth-order valence-electron chi connectivity index (χ4n) is 5.36. The van der Waals surface area contributed by atoms with Crippen molar-refractivity contribution in [3.63, 3.8) is 0 Å². The van der Waals surface area contributed by atoms with Gasteiger partial charge in [-0.2, -0.15) is 0 Å². The molecular formula is C41H38N2O4. The van der Waals surface area contributed by atoms with Crippen molar-refractivity contribution in [2.75, 3.05) is 30.6 Å². The van der Waals surface area contributed by atoms with Crippen LogP contribution in [0.4, 0.5) is 34.1 Å². The third-order valence-electron chi connectivity index (χ3n) is 7.70. The van der Waals surface area contributed by atoms with E-state index in [1.165, 1.54) is 0 Å². The van der Waals surface area contributed by atoms with Gasteiger partial charge in [0.1, 0.15) is 35.7 Å². The van der Waals surface area contributed by atoms with E-state index in [1.807, 2.05) is 91.9 Å². The van der Waals surface area contributed by atoms with Gasteiger partial charge in [-0.25, -0.2) is 0 Å². The topological polar surface area (TPSA) is 43.4 Å². The molecule has 0 heterocycles. The van der Waals surface area contributed by atoms with Crippen molar-refractivity contribution in [3.05, 3.63) is 158 Å². The minimum Gasteiger partial charge on any atom is -0.497 e. The summed E-state index contributed by atoms with van der Waals surface area (Å²) in [5.74, 6) is 3.20. The van der Waals surface area contributed by atoms with Crippen molar-refractivity contribution in [1.82, 2.24) is 0 Å². The van der Waals surface area contributed by atoms with Crippen molar-refractivity contribution in [2.24, 2.45) is 0 Å². The predicted molar refractivity (Wildman–Crippen MR) is 191 cm³/mol. The Kier molecular flexibility index (Phi) is 9.89. The quantitative estimate of drug-likeness (QED) is 0.128. The van der Waals surface area contributed by atoms with Crippen LogP contribution in [0.3, 0.4) is 0 Å². The number of para-hydroxylation sites is 2. The van der Waals surface area contributed by atoms with Crippen LogP contribution in [0.25, 0.3) is 0 Å². The fourth-order valence-corrected chi connectivity index (χ4v) is 5.36. The first-order chi connectivity index (χ1) is 23.1. The van der Waals surface area contributed by atoms with Crippen molar-refractivity contribution >= 4 is 34.1 Å². The summed E-state index contributed by atoms with van der Waals surface area (Å²) in [6, 6.07) is 52.9. The zero-order valence-electron chi connectivity index (χ0n) is 26.8. The van der Waals surface area contributed by atoms with Crippen LogP contribution in [-0.2, 0) is 0 Å². The SMILES string of the molecule is COc1ccc(N(c2ccccc2)c2ccc(OCC(C)Oc3ccc(N(c4ccccc4)c4ccc(OC)cc4)cc3)cc2)cc1.